The number of ether oxygens (including phenoxy) is 2. The van der Waals surface area contributed by atoms with Crippen LogP contribution in [0, 0.1) is 5.82 Å². The molecule has 1 rings (SSSR count). The minimum Gasteiger partial charge on any atom is -0.464 e. The Hall–Kier alpha value is -1.63. The van der Waals surface area contributed by atoms with Crippen LogP contribution >= 0.6 is 0 Å². The van der Waals surface area contributed by atoms with Crippen molar-refractivity contribution < 1.29 is 31.8 Å². The molecule has 0 N–H and O–H groups in total. The molecule has 0 fully saturated rings. The average molecular weight is 252 g/mol. The number of rotatable bonds is 4. The van der Waals surface area contributed by atoms with Gasteiger partial charge in [-0.1, -0.05) is 6.07 Å². The van der Waals surface area contributed by atoms with E-state index in [4.69, 9.17) is 0 Å². The van der Waals surface area contributed by atoms with Gasteiger partial charge in [0.1, 0.15) is 0 Å². The van der Waals surface area contributed by atoms with E-state index in [9.17, 15) is 22.4 Å². The van der Waals surface area contributed by atoms with E-state index in [1.807, 2.05) is 0 Å². The third-order valence-corrected chi connectivity index (χ3v) is 1.80. The zero-order valence-corrected chi connectivity index (χ0v) is 8.68. The lowest BCUT2D eigenvalue weighted by atomic mass is 10.1. The van der Waals surface area contributed by atoms with Crippen LogP contribution in [0.3, 0.4) is 0 Å². The van der Waals surface area contributed by atoms with Gasteiger partial charge in [0.25, 0.3) is 5.78 Å². The largest absolute Gasteiger partial charge is 0.464 e. The molecule has 17 heavy (non-hydrogen) atoms. The maximum absolute atomic E-state index is 13.5. The third-order valence-electron chi connectivity index (χ3n) is 1.80. The van der Waals surface area contributed by atoms with Gasteiger partial charge in [0.2, 0.25) is 0 Å². The first-order valence-electron chi connectivity index (χ1n) is 4.39. The molecule has 0 aliphatic rings. The highest BCUT2D eigenvalue weighted by molar-refractivity contribution is 6.00. The number of halogens is 4. The third kappa shape index (κ3) is 3.16. The summed E-state index contributed by atoms with van der Waals surface area (Å²) in [5.41, 5.74) is -1.08. The highest BCUT2D eigenvalue weighted by Crippen LogP contribution is 2.27. The molecule has 1 aromatic rings. The second-order valence-corrected chi connectivity index (χ2v) is 3.00. The molecule has 94 valence electrons. The topological polar surface area (TPSA) is 35.5 Å². The van der Waals surface area contributed by atoms with E-state index in [1.165, 1.54) is 7.11 Å². The van der Waals surface area contributed by atoms with Gasteiger partial charge in [-0.05, 0) is 12.1 Å². The highest BCUT2D eigenvalue weighted by Gasteiger charge is 2.41. The Morgan fingerprint density at radius 2 is 2.00 bits per heavy atom. The van der Waals surface area contributed by atoms with Crippen molar-refractivity contribution in [2.45, 2.75) is 6.18 Å². The SMILES string of the molecule is COCOc1cccc(C(=O)C(F)(F)F)c1F. The molecule has 7 heteroatoms. The zero-order chi connectivity index (χ0) is 13.1. The van der Waals surface area contributed by atoms with Gasteiger partial charge < -0.3 is 9.47 Å². The van der Waals surface area contributed by atoms with Gasteiger partial charge in [0, 0.05) is 7.11 Å². The Balaban J connectivity index is 3.06. The van der Waals surface area contributed by atoms with Crippen molar-refractivity contribution in [1.82, 2.24) is 0 Å². The van der Waals surface area contributed by atoms with Gasteiger partial charge in [0.05, 0.1) is 5.56 Å². The summed E-state index contributed by atoms with van der Waals surface area (Å²) in [6.07, 6.45) is -5.12. The zero-order valence-electron chi connectivity index (χ0n) is 8.68. The van der Waals surface area contributed by atoms with Crippen LogP contribution < -0.4 is 4.74 Å². The van der Waals surface area contributed by atoms with Crippen molar-refractivity contribution in [3.05, 3.63) is 29.6 Å². The van der Waals surface area contributed by atoms with Gasteiger partial charge in [-0.3, -0.25) is 4.79 Å². The van der Waals surface area contributed by atoms with Crippen LogP contribution in [0.25, 0.3) is 0 Å². The number of hydrogen-bond donors (Lipinski definition) is 0. The molecule has 0 aliphatic heterocycles. The molecule has 0 saturated heterocycles. The van der Waals surface area contributed by atoms with Crippen LogP contribution in [-0.2, 0) is 4.74 Å². The van der Waals surface area contributed by atoms with E-state index in [0.717, 1.165) is 18.2 Å². The highest BCUT2D eigenvalue weighted by atomic mass is 19.4. The molecule has 0 saturated carbocycles. The van der Waals surface area contributed by atoms with Gasteiger partial charge in [0.15, 0.2) is 18.4 Å². The molecule has 0 unspecified atom stereocenters. The maximum atomic E-state index is 13.5. The summed E-state index contributed by atoms with van der Waals surface area (Å²) in [6.45, 7) is -0.333. The molecular formula is C10H8F4O3. The molecule has 0 bridgehead atoms. The standard InChI is InChI=1S/C10H8F4O3/c1-16-5-17-7-4-2-3-6(8(7)11)9(15)10(12,13)14/h2-4H,5H2,1H3. The molecule has 0 atom stereocenters. The lowest BCUT2D eigenvalue weighted by molar-refractivity contribution is -0.0887. The summed E-state index contributed by atoms with van der Waals surface area (Å²) in [4.78, 5) is 10.9. The van der Waals surface area contributed by atoms with Gasteiger partial charge >= 0.3 is 6.18 Å². The minimum atomic E-state index is -5.12. The predicted molar refractivity (Wildman–Crippen MR) is 49.3 cm³/mol. The van der Waals surface area contributed by atoms with Gasteiger partial charge in [-0.15, -0.1) is 0 Å². The number of benzene rings is 1. The lowest BCUT2D eigenvalue weighted by Crippen LogP contribution is -2.24. The molecule has 3 nitrogen and oxygen atoms in total. The second-order valence-electron chi connectivity index (χ2n) is 3.00. The van der Waals surface area contributed by atoms with Crippen molar-refractivity contribution in [2.75, 3.05) is 13.9 Å². The van der Waals surface area contributed by atoms with Crippen molar-refractivity contribution >= 4 is 5.78 Å². The molecule has 0 heterocycles. The van der Waals surface area contributed by atoms with Crippen LogP contribution in [0.4, 0.5) is 17.6 Å². The molecule has 0 aliphatic carbocycles. The van der Waals surface area contributed by atoms with E-state index in [0.29, 0.717) is 0 Å². The number of alkyl halides is 3. The second kappa shape index (κ2) is 5.13. The molecule has 0 aromatic heterocycles. The van der Waals surface area contributed by atoms with Crippen LogP contribution in [0.15, 0.2) is 18.2 Å². The summed E-state index contributed by atoms with van der Waals surface area (Å²) in [6, 6.07) is 2.93. The predicted octanol–water partition coefficient (Wildman–Crippen LogP) is 2.55. The van der Waals surface area contributed by atoms with E-state index in [2.05, 4.69) is 9.47 Å². The van der Waals surface area contributed by atoms with E-state index in [1.54, 1.807) is 0 Å². The summed E-state index contributed by atoms with van der Waals surface area (Å²) in [5.74, 6) is -4.08. The Bertz CT molecular complexity index is 415. The molecule has 0 spiro atoms. The quantitative estimate of drug-likeness (QED) is 0.469. The Labute approximate surface area is 93.9 Å². The van der Waals surface area contributed by atoms with Crippen molar-refractivity contribution in [3.8, 4) is 5.75 Å². The van der Waals surface area contributed by atoms with Crippen LogP contribution in [0.5, 0.6) is 5.75 Å². The van der Waals surface area contributed by atoms with Gasteiger partial charge in [-0.25, -0.2) is 4.39 Å². The van der Waals surface area contributed by atoms with Crippen molar-refractivity contribution in [2.24, 2.45) is 0 Å². The smallest absolute Gasteiger partial charge is 0.454 e. The maximum Gasteiger partial charge on any atom is 0.454 e. The molecule has 0 amide bonds. The first-order chi connectivity index (χ1) is 7.88. The number of carbonyl (C=O) groups excluding carboxylic acids is 1. The first-order valence-corrected chi connectivity index (χ1v) is 4.39. The lowest BCUT2D eigenvalue weighted by Gasteiger charge is -2.10. The fraction of sp³-hybridized carbons (Fsp3) is 0.300. The molecule has 0 radical (unpaired) electrons. The first kappa shape index (κ1) is 13.4. The molecular weight excluding hydrogens is 244 g/mol. The Morgan fingerprint density at radius 1 is 1.35 bits per heavy atom. The van der Waals surface area contributed by atoms with E-state index >= 15 is 0 Å². The number of hydrogen-bond acceptors (Lipinski definition) is 3. The Kier molecular flexibility index (Phi) is 4.06. The summed E-state index contributed by atoms with van der Waals surface area (Å²) in [5, 5.41) is 0. The average Bonchev–Trinajstić information content (AvgIpc) is 2.25. The number of ketones is 1. The summed E-state index contributed by atoms with van der Waals surface area (Å²) >= 11 is 0. The van der Waals surface area contributed by atoms with Crippen LogP contribution in [0.2, 0.25) is 0 Å². The number of methoxy groups -OCH3 is 1. The number of Topliss-reactive ketones (excluding diaryl/α,β-unsaturated/α-hetero) is 1. The minimum absolute atomic E-state index is 0.333. The van der Waals surface area contributed by atoms with Gasteiger partial charge in [-0.2, -0.15) is 13.2 Å². The molecule has 1 aromatic carbocycles. The fourth-order valence-corrected chi connectivity index (χ4v) is 1.07. The van der Waals surface area contributed by atoms with Crippen molar-refractivity contribution in [3.63, 3.8) is 0 Å². The fourth-order valence-electron chi connectivity index (χ4n) is 1.07. The van der Waals surface area contributed by atoms with Crippen molar-refractivity contribution in [1.29, 1.82) is 0 Å². The van der Waals surface area contributed by atoms with Crippen LogP contribution in [-0.4, -0.2) is 25.9 Å². The van der Waals surface area contributed by atoms with E-state index < -0.39 is 29.1 Å². The Morgan fingerprint density at radius 3 is 2.53 bits per heavy atom. The summed E-state index contributed by atoms with van der Waals surface area (Å²) < 4.78 is 59.0. The number of carbonyl (C=O) groups is 1. The monoisotopic (exact) mass is 252 g/mol. The summed E-state index contributed by atoms with van der Waals surface area (Å²) in [7, 11) is 1.27. The van der Waals surface area contributed by atoms with Crippen LogP contribution in [0.1, 0.15) is 10.4 Å². The van der Waals surface area contributed by atoms with E-state index in [-0.39, 0.29) is 6.79 Å². The normalized spacial score (nSPS) is 11.4.